The van der Waals surface area contributed by atoms with E-state index in [-0.39, 0.29) is 11.4 Å². The van der Waals surface area contributed by atoms with Gasteiger partial charge in [-0.05, 0) is 31.4 Å². The highest BCUT2D eigenvalue weighted by Crippen LogP contribution is 2.40. The van der Waals surface area contributed by atoms with E-state index in [1.54, 1.807) is 26.3 Å². The number of carbonyl (C=O) groups excluding carboxylic acids is 1. The summed E-state index contributed by atoms with van der Waals surface area (Å²) in [5.41, 5.74) is 0.927. The first-order chi connectivity index (χ1) is 14.1. The van der Waals surface area contributed by atoms with Crippen molar-refractivity contribution in [1.82, 2.24) is 14.8 Å². The fourth-order valence-electron chi connectivity index (χ4n) is 3.30. The molecule has 3 aromatic rings. The lowest BCUT2D eigenvalue weighted by atomic mass is 10.1. The largest absolute Gasteiger partial charge is 0.494 e. The van der Waals surface area contributed by atoms with Crippen molar-refractivity contribution in [2.75, 3.05) is 30.4 Å². The number of aromatic nitrogens is 3. The number of amides is 1. The molecule has 0 spiro atoms. The number of nitrogens with one attached hydrogen (secondary N) is 1. The molecular formula is C19H20N6O3S. The van der Waals surface area contributed by atoms with Crippen LogP contribution in [-0.2, 0) is 7.05 Å². The molecule has 3 heterocycles. The maximum absolute atomic E-state index is 12.5. The zero-order valence-electron chi connectivity index (χ0n) is 16.1. The summed E-state index contributed by atoms with van der Waals surface area (Å²) in [6, 6.07) is 5.41. The van der Waals surface area contributed by atoms with Crippen LogP contribution in [0.15, 0.2) is 18.3 Å². The number of nitriles is 1. The molecule has 150 valence electrons. The highest BCUT2D eigenvalue weighted by Gasteiger charge is 2.21. The number of fused-ring (bicyclic) bond motifs is 1. The monoisotopic (exact) mass is 412 g/mol. The van der Waals surface area contributed by atoms with Gasteiger partial charge in [-0.15, -0.1) is 0 Å². The Balaban J connectivity index is 1.63. The van der Waals surface area contributed by atoms with Gasteiger partial charge >= 0.3 is 6.09 Å². The second kappa shape index (κ2) is 7.97. The van der Waals surface area contributed by atoms with Crippen LogP contribution in [0.5, 0.6) is 11.5 Å². The van der Waals surface area contributed by atoms with E-state index >= 15 is 0 Å². The number of ether oxygens (including phenoxy) is 2. The zero-order valence-corrected chi connectivity index (χ0v) is 17.0. The van der Waals surface area contributed by atoms with E-state index in [1.165, 1.54) is 28.6 Å². The Labute approximate surface area is 171 Å². The molecule has 1 amide bonds. The molecule has 29 heavy (non-hydrogen) atoms. The van der Waals surface area contributed by atoms with Crippen LogP contribution in [0.2, 0.25) is 0 Å². The zero-order chi connectivity index (χ0) is 20.4. The molecule has 1 saturated heterocycles. The summed E-state index contributed by atoms with van der Waals surface area (Å²) in [6.45, 7) is 1.94. The molecule has 1 fully saturated rings. The summed E-state index contributed by atoms with van der Waals surface area (Å²) in [4.78, 5) is 19.5. The van der Waals surface area contributed by atoms with Gasteiger partial charge in [0.25, 0.3) is 0 Å². The van der Waals surface area contributed by atoms with E-state index in [9.17, 15) is 4.79 Å². The minimum Gasteiger partial charge on any atom is -0.494 e. The molecule has 4 rings (SSSR count). The van der Waals surface area contributed by atoms with Crippen LogP contribution in [0.25, 0.3) is 10.2 Å². The van der Waals surface area contributed by atoms with Crippen molar-refractivity contribution in [3.8, 4) is 17.6 Å². The van der Waals surface area contributed by atoms with E-state index in [0.29, 0.717) is 17.0 Å². The van der Waals surface area contributed by atoms with E-state index < -0.39 is 6.09 Å². The standard InChI is InChI=1S/C19H20N6O3S/c1-24-17(12(10-20)11-21-24)23-19(26)28-14-7-6-13(27-2)15-16(14)29-18(22-15)25-8-4-3-5-9-25/h6-7,11H,3-5,8-9H2,1-2H3,(H,23,26). The lowest BCUT2D eigenvalue weighted by molar-refractivity contribution is 0.215. The molecule has 2 aromatic heterocycles. The van der Waals surface area contributed by atoms with Crippen LogP contribution in [-0.4, -0.2) is 41.1 Å². The molecule has 1 aliphatic heterocycles. The van der Waals surface area contributed by atoms with Gasteiger partial charge < -0.3 is 14.4 Å². The summed E-state index contributed by atoms with van der Waals surface area (Å²) in [6.07, 6.45) is 4.20. The molecule has 1 aromatic carbocycles. The lowest BCUT2D eigenvalue weighted by Gasteiger charge is -2.25. The van der Waals surface area contributed by atoms with Crippen LogP contribution < -0.4 is 19.7 Å². The molecule has 0 saturated carbocycles. The van der Waals surface area contributed by atoms with E-state index in [0.717, 1.165) is 35.8 Å². The van der Waals surface area contributed by atoms with Crippen molar-refractivity contribution in [2.45, 2.75) is 19.3 Å². The smallest absolute Gasteiger partial charge is 0.418 e. The van der Waals surface area contributed by atoms with Crippen molar-refractivity contribution >= 4 is 38.6 Å². The molecule has 0 atom stereocenters. The van der Waals surface area contributed by atoms with Gasteiger partial charge in [-0.3, -0.25) is 10.00 Å². The molecule has 0 aliphatic carbocycles. The Morgan fingerprint density at radius 1 is 1.28 bits per heavy atom. The average Bonchev–Trinajstić information content (AvgIpc) is 3.34. The van der Waals surface area contributed by atoms with Gasteiger partial charge in [0.1, 0.15) is 27.6 Å². The number of nitrogens with zero attached hydrogens (tertiary/aromatic N) is 5. The van der Waals surface area contributed by atoms with Gasteiger partial charge in [0.2, 0.25) is 0 Å². The Morgan fingerprint density at radius 2 is 2.03 bits per heavy atom. The molecule has 10 heteroatoms. The third kappa shape index (κ3) is 3.69. The maximum atomic E-state index is 12.5. The third-order valence-corrected chi connectivity index (χ3v) is 5.92. The molecule has 1 aliphatic rings. The number of anilines is 2. The number of carbonyl (C=O) groups is 1. The predicted octanol–water partition coefficient (Wildman–Crippen LogP) is 3.51. The van der Waals surface area contributed by atoms with Crippen molar-refractivity contribution in [3.05, 3.63) is 23.9 Å². The van der Waals surface area contributed by atoms with Crippen LogP contribution >= 0.6 is 11.3 Å². The lowest BCUT2D eigenvalue weighted by Crippen LogP contribution is -2.29. The predicted molar refractivity (Wildman–Crippen MR) is 110 cm³/mol. The van der Waals surface area contributed by atoms with Crippen LogP contribution in [0.4, 0.5) is 15.7 Å². The third-order valence-electron chi connectivity index (χ3n) is 4.79. The summed E-state index contributed by atoms with van der Waals surface area (Å²) >= 11 is 1.48. The van der Waals surface area contributed by atoms with Gasteiger partial charge in [-0.1, -0.05) is 11.3 Å². The second-order valence-corrected chi connectivity index (χ2v) is 7.62. The Morgan fingerprint density at radius 3 is 2.76 bits per heavy atom. The van der Waals surface area contributed by atoms with E-state index in [1.807, 2.05) is 6.07 Å². The van der Waals surface area contributed by atoms with Crippen LogP contribution in [0, 0.1) is 11.3 Å². The maximum Gasteiger partial charge on any atom is 0.418 e. The normalized spacial score (nSPS) is 13.9. The first-order valence-corrected chi connectivity index (χ1v) is 10.1. The average molecular weight is 412 g/mol. The summed E-state index contributed by atoms with van der Waals surface area (Å²) in [5.74, 6) is 1.30. The number of methoxy groups -OCH3 is 1. The first-order valence-electron chi connectivity index (χ1n) is 9.24. The number of piperidine rings is 1. The highest BCUT2D eigenvalue weighted by molar-refractivity contribution is 7.22. The van der Waals surface area contributed by atoms with Gasteiger partial charge in [0, 0.05) is 20.1 Å². The fraction of sp³-hybridized carbons (Fsp3) is 0.368. The fourth-order valence-corrected chi connectivity index (χ4v) is 4.39. The number of aryl methyl sites for hydroxylation is 1. The van der Waals surface area contributed by atoms with Gasteiger partial charge in [-0.25, -0.2) is 9.78 Å². The number of hydrogen-bond acceptors (Lipinski definition) is 8. The second-order valence-electron chi connectivity index (χ2n) is 6.64. The number of benzene rings is 1. The molecule has 1 N–H and O–H groups in total. The van der Waals surface area contributed by atoms with Gasteiger partial charge in [0.05, 0.1) is 13.3 Å². The number of hydrogen-bond donors (Lipinski definition) is 1. The topological polar surface area (TPSA) is 105 Å². The summed E-state index contributed by atoms with van der Waals surface area (Å²) in [7, 11) is 3.23. The first kappa shape index (κ1) is 19.0. The minimum atomic E-state index is -0.704. The van der Waals surface area contributed by atoms with Crippen molar-refractivity contribution < 1.29 is 14.3 Å². The molecule has 0 radical (unpaired) electrons. The van der Waals surface area contributed by atoms with Crippen LogP contribution in [0.3, 0.4) is 0 Å². The molecule has 0 unspecified atom stereocenters. The molecular weight excluding hydrogens is 392 g/mol. The van der Waals surface area contributed by atoms with Crippen molar-refractivity contribution in [2.24, 2.45) is 7.05 Å². The SMILES string of the molecule is COc1ccc(OC(=O)Nc2c(C#N)cnn2C)c2sc(N3CCCCC3)nc12. The van der Waals surface area contributed by atoms with Crippen molar-refractivity contribution in [1.29, 1.82) is 5.26 Å². The van der Waals surface area contributed by atoms with Crippen molar-refractivity contribution in [3.63, 3.8) is 0 Å². The highest BCUT2D eigenvalue weighted by atomic mass is 32.1. The molecule has 9 nitrogen and oxygen atoms in total. The Bertz CT molecular complexity index is 1090. The van der Waals surface area contributed by atoms with E-state index in [4.69, 9.17) is 19.7 Å². The number of rotatable bonds is 4. The van der Waals surface area contributed by atoms with Gasteiger partial charge in [-0.2, -0.15) is 10.4 Å². The molecule has 0 bridgehead atoms. The number of thiazole rings is 1. The quantitative estimate of drug-likeness (QED) is 0.699. The Hall–Kier alpha value is -3.32. The van der Waals surface area contributed by atoms with Gasteiger partial charge in [0.15, 0.2) is 16.7 Å². The van der Waals surface area contributed by atoms with E-state index in [2.05, 4.69) is 15.3 Å². The summed E-state index contributed by atoms with van der Waals surface area (Å²) < 4.78 is 13.1. The summed E-state index contributed by atoms with van der Waals surface area (Å²) in [5, 5.41) is 16.6. The Kier molecular flexibility index (Phi) is 5.22. The minimum absolute atomic E-state index is 0.259. The van der Waals surface area contributed by atoms with Crippen LogP contribution in [0.1, 0.15) is 24.8 Å².